The van der Waals surface area contributed by atoms with E-state index in [1.807, 2.05) is 32.0 Å². The Balaban J connectivity index is 1.34. The minimum Gasteiger partial charge on any atom is -0.426 e. The molecule has 0 unspecified atom stereocenters. The van der Waals surface area contributed by atoms with Gasteiger partial charge in [-0.05, 0) is 43.7 Å². The number of rotatable bonds is 5. The lowest BCUT2D eigenvalue weighted by Crippen LogP contribution is -2.29. The van der Waals surface area contributed by atoms with Crippen molar-refractivity contribution in [3.05, 3.63) is 93.0 Å². The molecule has 3 aromatic rings. The van der Waals surface area contributed by atoms with Gasteiger partial charge in [-0.1, -0.05) is 29.8 Å². The van der Waals surface area contributed by atoms with E-state index in [4.69, 9.17) is 4.74 Å². The van der Waals surface area contributed by atoms with Crippen LogP contribution in [0.1, 0.15) is 38.3 Å². The van der Waals surface area contributed by atoms with Crippen molar-refractivity contribution in [1.82, 2.24) is 0 Å². The summed E-state index contributed by atoms with van der Waals surface area (Å²) in [5, 5.41) is 11.4. The van der Waals surface area contributed by atoms with E-state index in [9.17, 15) is 29.3 Å². The number of nitro groups is 1. The van der Waals surface area contributed by atoms with Gasteiger partial charge in [0, 0.05) is 30.8 Å². The molecule has 0 bridgehead atoms. The Bertz CT molecular complexity index is 1510. The monoisotopic (exact) mass is 499 g/mol. The van der Waals surface area contributed by atoms with Crippen LogP contribution in [0.25, 0.3) is 0 Å². The van der Waals surface area contributed by atoms with Crippen LogP contribution in [0.4, 0.5) is 17.1 Å². The highest BCUT2D eigenvalue weighted by Gasteiger charge is 2.42. The molecule has 2 aliphatic heterocycles. The highest BCUT2D eigenvalue weighted by atomic mass is 16.6. The van der Waals surface area contributed by atoms with Crippen LogP contribution in [-0.4, -0.2) is 35.2 Å². The number of carbonyl (C=O) groups excluding carboxylic acids is 4. The average Bonchev–Trinajstić information content (AvgIpc) is 3.36. The number of hydrogen-bond acceptors (Lipinski definition) is 7. The molecular weight excluding hydrogens is 478 g/mol. The van der Waals surface area contributed by atoms with E-state index in [1.54, 1.807) is 4.90 Å². The first-order valence-electron chi connectivity index (χ1n) is 11.5. The van der Waals surface area contributed by atoms with E-state index >= 15 is 0 Å². The standard InChI is InChI=1S/C27H21N3O7/c1-15-9-10-21(16(2)11-15)28-14-17(12-23(28)31)27(34)37-19-6-3-5-18(13-19)29-25(32)20-7-4-8-22(30(35)36)24(20)26(29)33/h3-11,13,17H,12,14H2,1-2H3/t17-/m1/s1. The molecule has 0 radical (unpaired) electrons. The lowest BCUT2D eigenvalue weighted by atomic mass is 10.1. The SMILES string of the molecule is Cc1ccc(N2C[C@H](C(=O)Oc3cccc(N4C(=O)c5cccc([N+](=O)[O-])c5C4=O)c3)CC2=O)c(C)c1. The zero-order valence-electron chi connectivity index (χ0n) is 20.0. The van der Waals surface area contributed by atoms with Gasteiger partial charge in [0.05, 0.1) is 22.1 Å². The minimum atomic E-state index is -0.832. The summed E-state index contributed by atoms with van der Waals surface area (Å²) in [6, 6.07) is 15.4. The zero-order chi connectivity index (χ0) is 26.4. The average molecular weight is 499 g/mol. The second-order valence-electron chi connectivity index (χ2n) is 9.02. The maximum atomic E-state index is 13.0. The van der Waals surface area contributed by atoms with Crippen molar-refractivity contribution in [3.8, 4) is 5.75 Å². The Labute approximate surface area is 211 Å². The summed E-state index contributed by atoms with van der Waals surface area (Å²) < 4.78 is 5.51. The maximum absolute atomic E-state index is 13.0. The number of esters is 1. The third-order valence-corrected chi connectivity index (χ3v) is 6.49. The third kappa shape index (κ3) is 4.12. The molecule has 10 heteroatoms. The van der Waals surface area contributed by atoms with Gasteiger partial charge in [0.25, 0.3) is 17.5 Å². The van der Waals surface area contributed by atoms with E-state index in [2.05, 4.69) is 0 Å². The van der Waals surface area contributed by atoms with Gasteiger partial charge in [0.2, 0.25) is 5.91 Å². The number of imide groups is 1. The van der Waals surface area contributed by atoms with Crippen molar-refractivity contribution >= 4 is 40.8 Å². The van der Waals surface area contributed by atoms with Crippen LogP contribution in [0.15, 0.2) is 60.7 Å². The molecule has 0 saturated carbocycles. The van der Waals surface area contributed by atoms with Crippen LogP contribution in [-0.2, 0) is 9.59 Å². The number of ether oxygens (including phenoxy) is 1. The Morgan fingerprint density at radius 3 is 2.49 bits per heavy atom. The minimum absolute atomic E-state index is 0.00604. The summed E-state index contributed by atoms with van der Waals surface area (Å²) in [5.41, 5.74) is 2.03. The highest BCUT2D eigenvalue weighted by Crippen LogP contribution is 2.35. The molecule has 5 rings (SSSR count). The first kappa shape index (κ1) is 23.9. The van der Waals surface area contributed by atoms with E-state index in [0.717, 1.165) is 27.8 Å². The van der Waals surface area contributed by atoms with E-state index < -0.39 is 34.3 Å². The largest absolute Gasteiger partial charge is 0.426 e. The topological polar surface area (TPSA) is 127 Å². The summed E-state index contributed by atoms with van der Waals surface area (Å²) >= 11 is 0. The predicted octanol–water partition coefficient (Wildman–Crippen LogP) is 3.97. The van der Waals surface area contributed by atoms with Gasteiger partial charge in [-0.3, -0.25) is 29.3 Å². The number of carbonyl (C=O) groups is 4. The Morgan fingerprint density at radius 1 is 1.00 bits per heavy atom. The number of nitrogens with zero attached hydrogens (tertiary/aromatic N) is 3. The number of anilines is 2. The molecule has 3 aromatic carbocycles. The maximum Gasteiger partial charge on any atom is 0.316 e. The van der Waals surface area contributed by atoms with Gasteiger partial charge in [-0.15, -0.1) is 0 Å². The number of benzene rings is 3. The molecule has 0 aliphatic carbocycles. The normalized spacial score (nSPS) is 16.8. The van der Waals surface area contributed by atoms with Crippen molar-refractivity contribution in [2.45, 2.75) is 20.3 Å². The van der Waals surface area contributed by atoms with Crippen LogP contribution in [0.3, 0.4) is 0 Å². The predicted molar refractivity (Wildman–Crippen MR) is 133 cm³/mol. The summed E-state index contributed by atoms with van der Waals surface area (Å²) in [7, 11) is 0. The van der Waals surface area contributed by atoms with E-state index in [1.165, 1.54) is 36.4 Å². The van der Waals surface area contributed by atoms with E-state index in [0.29, 0.717) is 0 Å². The summed E-state index contributed by atoms with van der Waals surface area (Å²) in [6.45, 7) is 4.03. The van der Waals surface area contributed by atoms with Gasteiger partial charge in [0.15, 0.2) is 0 Å². The fourth-order valence-corrected chi connectivity index (χ4v) is 4.75. The molecule has 3 amide bonds. The van der Waals surface area contributed by atoms with Gasteiger partial charge in [-0.25, -0.2) is 4.90 Å². The van der Waals surface area contributed by atoms with Gasteiger partial charge < -0.3 is 9.64 Å². The number of hydrogen-bond donors (Lipinski definition) is 0. The molecule has 2 heterocycles. The molecule has 0 aromatic heterocycles. The molecule has 1 atom stereocenters. The highest BCUT2D eigenvalue weighted by molar-refractivity contribution is 6.35. The van der Waals surface area contributed by atoms with Gasteiger partial charge in [-0.2, -0.15) is 0 Å². The van der Waals surface area contributed by atoms with Crippen molar-refractivity contribution in [1.29, 1.82) is 0 Å². The smallest absolute Gasteiger partial charge is 0.316 e. The third-order valence-electron chi connectivity index (χ3n) is 6.49. The second-order valence-corrected chi connectivity index (χ2v) is 9.02. The van der Waals surface area contributed by atoms with Crippen molar-refractivity contribution < 1.29 is 28.8 Å². The fourth-order valence-electron chi connectivity index (χ4n) is 4.75. The van der Waals surface area contributed by atoms with Crippen LogP contribution in [0.5, 0.6) is 5.75 Å². The van der Waals surface area contributed by atoms with Crippen LogP contribution in [0.2, 0.25) is 0 Å². The molecule has 186 valence electrons. The van der Waals surface area contributed by atoms with E-state index in [-0.39, 0.29) is 41.4 Å². The first-order chi connectivity index (χ1) is 17.7. The summed E-state index contributed by atoms with van der Waals surface area (Å²) in [5.74, 6) is -2.96. The molecule has 1 fully saturated rings. The molecule has 37 heavy (non-hydrogen) atoms. The molecule has 0 N–H and O–H groups in total. The molecule has 2 aliphatic rings. The lowest BCUT2D eigenvalue weighted by Gasteiger charge is -2.19. The van der Waals surface area contributed by atoms with Gasteiger partial charge in [0.1, 0.15) is 11.3 Å². The zero-order valence-corrected chi connectivity index (χ0v) is 20.0. The number of amides is 3. The Morgan fingerprint density at radius 2 is 1.76 bits per heavy atom. The van der Waals surface area contributed by atoms with Gasteiger partial charge >= 0.3 is 5.97 Å². The fraction of sp³-hybridized carbons (Fsp3) is 0.185. The Hall–Kier alpha value is -4.86. The Kier molecular flexibility index (Phi) is 5.79. The van der Waals surface area contributed by atoms with Crippen molar-refractivity contribution in [2.24, 2.45) is 5.92 Å². The van der Waals surface area contributed by atoms with Crippen molar-refractivity contribution in [2.75, 3.05) is 16.3 Å². The number of fused-ring (bicyclic) bond motifs is 1. The number of aryl methyl sites for hydroxylation is 2. The quantitative estimate of drug-likeness (QED) is 0.171. The lowest BCUT2D eigenvalue weighted by molar-refractivity contribution is -0.385. The van der Waals surface area contributed by atoms with Crippen molar-refractivity contribution in [3.63, 3.8) is 0 Å². The van der Waals surface area contributed by atoms with Crippen LogP contribution >= 0.6 is 0 Å². The van der Waals surface area contributed by atoms with Crippen LogP contribution < -0.4 is 14.5 Å². The second kappa shape index (κ2) is 8.98. The summed E-state index contributed by atoms with van der Waals surface area (Å²) in [4.78, 5) is 64.5. The van der Waals surface area contributed by atoms with Crippen LogP contribution in [0, 0.1) is 29.9 Å². The molecule has 0 spiro atoms. The summed E-state index contributed by atoms with van der Waals surface area (Å²) in [6.07, 6.45) is -0.00604. The number of nitro benzene ring substituents is 1. The first-order valence-corrected chi connectivity index (χ1v) is 11.5. The molecular formula is C27H21N3O7. The molecule has 1 saturated heterocycles. The molecule has 10 nitrogen and oxygen atoms in total.